The van der Waals surface area contributed by atoms with Gasteiger partial charge in [0.1, 0.15) is 6.10 Å². The van der Waals surface area contributed by atoms with Crippen molar-refractivity contribution in [1.82, 2.24) is 20.2 Å². The van der Waals surface area contributed by atoms with Crippen LogP contribution in [0, 0.1) is 10.1 Å². The molecule has 27 heavy (non-hydrogen) atoms. The number of non-ortho nitro benzene ring substituents is 1. The Morgan fingerprint density at radius 1 is 1.30 bits per heavy atom. The molecule has 0 unspecified atom stereocenters. The summed E-state index contributed by atoms with van der Waals surface area (Å²) < 4.78 is 5.30. The Morgan fingerprint density at radius 2 is 2.04 bits per heavy atom. The maximum absolute atomic E-state index is 12.1. The van der Waals surface area contributed by atoms with E-state index in [-0.39, 0.29) is 12.2 Å². The standard InChI is InChI=1S/C17H14ClN5O4/c1-11(13-3-2-4-15(9-13)23(25)26)27-16(24)10-22-20-17(19-21-22)12-5-7-14(18)8-6-12/h2-9,11H,10H2,1H3/t11-/m0/s1. The van der Waals surface area contributed by atoms with Gasteiger partial charge >= 0.3 is 5.97 Å². The molecule has 0 N–H and O–H groups in total. The highest BCUT2D eigenvalue weighted by atomic mass is 35.5. The minimum absolute atomic E-state index is 0.0686. The van der Waals surface area contributed by atoms with Gasteiger partial charge in [-0.1, -0.05) is 23.7 Å². The average Bonchev–Trinajstić information content (AvgIpc) is 3.10. The molecule has 1 atom stereocenters. The van der Waals surface area contributed by atoms with Crippen molar-refractivity contribution in [2.45, 2.75) is 19.6 Å². The van der Waals surface area contributed by atoms with E-state index in [1.807, 2.05) is 0 Å². The van der Waals surface area contributed by atoms with E-state index in [1.165, 1.54) is 18.2 Å². The topological polar surface area (TPSA) is 113 Å². The SMILES string of the molecule is C[C@H](OC(=O)Cn1nnc(-c2ccc(Cl)cc2)n1)c1cccc([N+](=O)[O-])c1. The number of nitrogens with zero attached hydrogens (tertiary/aromatic N) is 5. The molecule has 3 aromatic rings. The Bertz CT molecular complexity index is 973. The first-order valence-electron chi connectivity index (χ1n) is 7.90. The second-order valence-electron chi connectivity index (χ2n) is 5.63. The number of hydrogen-bond acceptors (Lipinski definition) is 7. The molecule has 0 bridgehead atoms. The third-order valence-corrected chi connectivity index (χ3v) is 3.94. The van der Waals surface area contributed by atoms with Crippen molar-refractivity contribution in [3.05, 3.63) is 69.2 Å². The third kappa shape index (κ3) is 4.64. The maximum Gasteiger partial charge on any atom is 0.330 e. The summed E-state index contributed by atoms with van der Waals surface area (Å²) in [6, 6.07) is 12.8. The van der Waals surface area contributed by atoms with Gasteiger partial charge in [-0.05, 0) is 42.0 Å². The fourth-order valence-corrected chi connectivity index (χ4v) is 2.46. The van der Waals surface area contributed by atoms with Crippen LogP contribution >= 0.6 is 11.6 Å². The van der Waals surface area contributed by atoms with E-state index >= 15 is 0 Å². The highest BCUT2D eigenvalue weighted by Crippen LogP contribution is 2.22. The zero-order valence-electron chi connectivity index (χ0n) is 14.2. The van der Waals surface area contributed by atoms with Crippen LogP contribution in [0.15, 0.2) is 48.5 Å². The van der Waals surface area contributed by atoms with Crippen molar-refractivity contribution >= 4 is 23.3 Å². The number of aromatic nitrogens is 4. The molecule has 2 aromatic carbocycles. The Balaban J connectivity index is 1.63. The van der Waals surface area contributed by atoms with E-state index in [9.17, 15) is 14.9 Å². The van der Waals surface area contributed by atoms with Crippen LogP contribution in [-0.4, -0.2) is 31.1 Å². The van der Waals surface area contributed by atoms with Crippen molar-refractivity contribution in [1.29, 1.82) is 0 Å². The summed E-state index contributed by atoms with van der Waals surface area (Å²) in [5.74, 6) is -0.236. The zero-order chi connectivity index (χ0) is 19.4. The van der Waals surface area contributed by atoms with Gasteiger partial charge < -0.3 is 4.74 Å². The zero-order valence-corrected chi connectivity index (χ0v) is 14.9. The summed E-state index contributed by atoms with van der Waals surface area (Å²) in [6.45, 7) is 1.39. The Kier molecular flexibility index (Phi) is 5.41. The van der Waals surface area contributed by atoms with Crippen molar-refractivity contribution in [2.24, 2.45) is 0 Å². The number of carbonyl (C=O) groups is 1. The Hall–Kier alpha value is -3.33. The smallest absolute Gasteiger partial charge is 0.330 e. The quantitative estimate of drug-likeness (QED) is 0.362. The van der Waals surface area contributed by atoms with Crippen LogP contribution in [0.3, 0.4) is 0 Å². The fraction of sp³-hybridized carbons (Fsp3) is 0.176. The van der Waals surface area contributed by atoms with Crippen molar-refractivity contribution in [3.63, 3.8) is 0 Å². The predicted molar refractivity (Wildman–Crippen MR) is 95.9 cm³/mol. The van der Waals surface area contributed by atoms with E-state index in [0.29, 0.717) is 22.0 Å². The lowest BCUT2D eigenvalue weighted by Crippen LogP contribution is -2.17. The van der Waals surface area contributed by atoms with Gasteiger partial charge in [-0.25, -0.2) is 4.79 Å². The number of nitro groups is 1. The van der Waals surface area contributed by atoms with Crippen LogP contribution in [0.25, 0.3) is 11.4 Å². The lowest BCUT2D eigenvalue weighted by molar-refractivity contribution is -0.385. The van der Waals surface area contributed by atoms with Gasteiger partial charge in [0.2, 0.25) is 5.82 Å². The van der Waals surface area contributed by atoms with Crippen LogP contribution in [0.2, 0.25) is 5.02 Å². The van der Waals surface area contributed by atoms with E-state index in [1.54, 1.807) is 37.3 Å². The van der Waals surface area contributed by atoms with Gasteiger partial charge in [-0.3, -0.25) is 10.1 Å². The minimum atomic E-state index is -0.656. The lowest BCUT2D eigenvalue weighted by Gasteiger charge is -2.13. The summed E-state index contributed by atoms with van der Waals surface area (Å²) in [6.07, 6.45) is -0.656. The van der Waals surface area contributed by atoms with Crippen LogP contribution in [0.4, 0.5) is 5.69 Å². The first-order chi connectivity index (χ1) is 12.9. The van der Waals surface area contributed by atoms with Gasteiger partial charge in [0.05, 0.1) is 4.92 Å². The number of tetrazole rings is 1. The van der Waals surface area contributed by atoms with E-state index in [2.05, 4.69) is 15.4 Å². The molecular formula is C17H14ClN5O4. The molecule has 0 amide bonds. The summed E-state index contributed by atoms with van der Waals surface area (Å²) in [7, 11) is 0. The fourth-order valence-electron chi connectivity index (χ4n) is 2.33. The van der Waals surface area contributed by atoms with Gasteiger partial charge in [0.25, 0.3) is 5.69 Å². The largest absolute Gasteiger partial charge is 0.456 e. The van der Waals surface area contributed by atoms with Crippen LogP contribution < -0.4 is 0 Å². The molecular weight excluding hydrogens is 374 g/mol. The molecule has 10 heteroatoms. The lowest BCUT2D eigenvalue weighted by atomic mass is 10.1. The molecule has 0 aliphatic carbocycles. The number of esters is 1. The second-order valence-corrected chi connectivity index (χ2v) is 6.07. The average molecular weight is 388 g/mol. The molecule has 0 aliphatic rings. The summed E-state index contributed by atoms with van der Waals surface area (Å²) in [4.78, 5) is 23.6. The second kappa shape index (κ2) is 7.92. The molecule has 1 heterocycles. The normalized spacial score (nSPS) is 11.8. The minimum Gasteiger partial charge on any atom is -0.456 e. The molecule has 0 aliphatic heterocycles. The van der Waals surface area contributed by atoms with Gasteiger partial charge in [-0.2, -0.15) is 4.80 Å². The highest BCUT2D eigenvalue weighted by molar-refractivity contribution is 6.30. The summed E-state index contributed by atoms with van der Waals surface area (Å²) in [5, 5.41) is 23.3. The van der Waals surface area contributed by atoms with Crippen molar-refractivity contribution in [2.75, 3.05) is 0 Å². The molecule has 0 saturated carbocycles. The number of rotatable bonds is 6. The molecule has 0 radical (unpaired) electrons. The number of nitro benzene ring substituents is 1. The molecule has 0 spiro atoms. The number of halogens is 1. The molecule has 3 rings (SSSR count). The number of hydrogen-bond donors (Lipinski definition) is 0. The first-order valence-corrected chi connectivity index (χ1v) is 8.28. The van der Waals surface area contributed by atoms with Crippen LogP contribution in [0.1, 0.15) is 18.6 Å². The number of ether oxygens (including phenoxy) is 1. The predicted octanol–water partition coefficient (Wildman–Crippen LogP) is 3.21. The Morgan fingerprint density at radius 3 is 2.74 bits per heavy atom. The first kappa shape index (κ1) is 18.5. The molecule has 138 valence electrons. The maximum atomic E-state index is 12.1. The van der Waals surface area contributed by atoms with Gasteiger partial charge in [0.15, 0.2) is 6.54 Å². The molecule has 0 fully saturated rings. The van der Waals surface area contributed by atoms with Crippen molar-refractivity contribution in [3.8, 4) is 11.4 Å². The third-order valence-electron chi connectivity index (χ3n) is 3.68. The van der Waals surface area contributed by atoms with Crippen LogP contribution in [-0.2, 0) is 16.1 Å². The van der Waals surface area contributed by atoms with E-state index in [0.717, 1.165) is 4.80 Å². The molecule has 9 nitrogen and oxygen atoms in total. The monoisotopic (exact) mass is 387 g/mol. The highest BCUT2D eigenvalue weighted by Gasteiger charge is 2.16. The van der Waals surface area contributed by atoms with Crippen molar-refractivity contribution < 1.29 is 14.5 Å². The Labute approximate surface area is 158 Å². The van der Waals surface area contributed by atoms with E-state index in [4.69, 9.17) is 16.3 Å². The van der Waals surface area contributed by atoms with Gasteiger partial charge in [0, 0.05) is 22.7 Å². The number of benzene rings is 2. The van der Waals surface area contributed by atoms with Gasteiger partial charge in [-0.15, -0.1) is 10.2 Å². The van der Waals surface area contributed by atoms with Crippen LogP contribution in [0.5, 0.6) is 0 Å². The molecule has 0 saturated heterocycles. The summed E-state index contributed by atoms with van der Waals surface area (Å²) >= 11 is 5.84. The van der Waals surface area contributed by atoms with E-state index < -0.39 is 17.0 Å². The summed E-state index contributed by atoms with van der Waals surface area (Å²) in [5.41, 5.74) is 1.16. The molecule has 1 aromatic heterocycles. The number of carbonyl (C=O) groups excluding carboxylic acids is 1.